The number of para-hydroxylation sites is 1. The molecule has 1 heterocycles. The van der Waals surface area contributed by atoms with E-state index in [1.54, 1.807) is 6.07 Å². The summed E-state index contributed by atoms with van der Waals surface area (Å²) in [5, 5.41) is 3.30. The molecule has 104 valence electrons. The van der Waals surface area contributed by atoms with Gasteiger partial charge in [-0.25, -0.2) is 4.39 Å². The molecule has 1 atom stereocenters. The van der Waals surface area contributed by atoms with Crippen molar-refractivity contribution < 1.29 is 4.39 Å². The summed E-state index contributed by atoms with van der Waals surface area (Å²) in [6.45, 7) is 6.63. The van der Waals surface area contributed by atoms with Crippen LogP contribution >= 0.6 is 0 Å². The monoisotopic (exact) mass is 269 g/mol. The highest BCUT2D eigenvalue weighted by molar-refractivity contribution is 5.59. The summed E-state index contributed by atoms with van der Waals surface area (Å²) in [6.07, 6.45) is 0.849. The van der Waals surface area contributed by atoms with Gasteiger partial charge in [0, 0.05) is 0 Å². The van der Waals surface area contributed by atoms with E-state index in [2.05, 4.69) is 50.4 Å². The second-order valence-corrected chi connectivity index (χ2v) is 6.55. The van der Waals surface area contributed by atoms with Crippen LogP contribution in [-0.2, 0) is 11.8 Å². The molecule has 0 saturated carbocycles. The largest absolute Gasteiger partial charge is 0.375 e. The fourth-order valence-corrected chi connectivity index (χ4v) is 2.76. The number of nitrogens with one attached hydrogen (secondary N) is 1. The Balaban J connectivity index is 1.85. The lowest BCUT2D eigenvalue weighted by molar-refractivity contribution is 0.589. The molecule has 0 spiro atoms. The molecule has 2 aromatic rings. The minimum absolute atomic E-state index is 0.156. The predicted octanol–water partition coefficient (Wildman–Crippen LogP) is 4.83. The maximum Gasteiger partial charge on any atom is 0.146 e. The Morgan fingerprint density at radius 1 is 1.05 bits per heavy atom. The van der Waals surface area contributed by atoms with E-state index in [4.69, 9.17) is 0 Å². The second-order valence-electron chi connectivity index (χ2n) is 6.55. The molecule has 0 saturated heterocycles. The van der Waals surface area contributed by atoms with Crippen molar-refractivity contribution in [3.63, 3.8) is 0 Å². The third-order valence-corrected chi connectivity index (χ3v) is 4.02. The first kappa shape index (κ1) is 13.2. The average Bonchev–Trinajstić information content (AvgIpc) is 2.83. The van der Waals surface area contributed by atoms with E-state index >= 15 is 0 Å². The number of rotatable bonds is 1. The first-order chi connectivity index (χ1) is 9.45. The van der Waals surface area contributed by atoms with Gasteiger partial charge in [-0.05, 0) is 34.6 Å². The number of benzene rings is 2. The quantitative estimate of drug-likeness (QED) is 0.781. The van der Waals surface area contributed by atoms with Crippen molar-refractivity contribution in [3.05, 3.63) is 65.0 Å². The molecule has 20 heavy (non-hydrogen) atoms. The van der Waals surface area contributed by atoms with Gasteiger partial charge in [0.2, 0.25) is 0 Å². The van der Waals surface area contributed by atoms with Crippen LogP contribution in [-0.4, -0.2) is 0 Å². The van der Waals surface area contributed by atoms with Crippen molar-refractivity contribution in [1.29, 1.82) is 0 Å². The van der Waals surface area contributed by atoms with E-state index in [1.807, 2.05) is 6.07 Å². The van der Waals surface area contributed by atoms with E-state index < -0.39 is 0 Å². The maximum absolute atomic E-state index is 13.7. The third kappa shape index (κ3) is 2.31. The Labute approximate surface area is 119 Å². The fourth-order valence-electron chi connectivity index (χ4n) is 2.76. The highest BCUT2D eigenvalue weighted by atomic mass is 19.1. The molecule has 0 aromatic heterocycles. The van der Waals surface area contributed by atoms with Gasteiger partial charge >= 0.3 is 0 Å². The lowest BCUT2D eigenvalue weighted by atomic mass is 9.86. The Morgan fingerprint density at radius 3 is 2.35 bits per heavy atom. The molecule has 2 heteroatoms. The molecule has 0 aliphatic carbocycles. The van der Waals surface area contributed by atoms with Gasteiger partial charge in [0.1, 0.15) is 5.82 Å². The molecule has 1 unspecified atom stereocenters. The summed E-state index contributed by atoms with van der Waals surface area (Å²) < 4.78 is 13.7. The van der Waals surface area contributed by atoms with Crippen molar-refractivity contribution in [2.45, 2.75) is 38.6 Å². The lowest BCUT2D eigenvalue weighted by Crippen LogP contribution is -2.12. The first-order valence-electron chi connectivity index (χ1n) is 7.09. The SMILES string of the molecule is CC(C)(C)c1ccc(C2Cc3cccc(F)c3N2)cc1. The van der Waals surface area contributed by atoms with Gasteiger partial charge < -0.3 is 5.32 Å². The van der Waals surface area contributed by atoms with Crippen LogP contribution < -0.4 is 5.32 Å². The summed E-state index contributed by atoms with van der Waals surface area (Å²) in [6, 6.07) is 14.1. The molecular formula is C18H20FN. The van der Waals surface area contributed by atoms with Gasteiger partial charge in [0.25, 0.3) is 0 Å². The normalized spacial score (nSPS) is 17.7. The topological polar surface area (TPSA) is 12.0 Å². The zero-order valence-electron chi connectivity index (χ0n) is 12.2. The highest BCUT2D eigenvalue weighted by Crippen LogP contribution is 2.36. The molecule has 0 bridgehead atoms. The highest BCUT2D eigenvalue weighted by Gasteiger charge is 2.24. The van der Waals surface area contributed by atoms with Gasteiger partial charge in [-0.1, -0.05) is 57.2 Å². The lowest BCUT2D eigenvalue weighted by Gasteiger charge is -2.20. The van der Waals surface area contributed by atoms with Gasteiger partial charge in [0.15, 0.2) is 0 Å². The number of halogens is 1. The molecule has 3 rings (SSSR count). The summed E-state index contributed by atoms with van der Waals surface area (Å²) in [7, 11) is 0. The Morgan fingerprint density at radius 2 is 1.75 bits per heavy atom. The van der Waals surface area contributed by atoms with Gasteiger partial charge in [-0.15, -0.1) is 0 Å². The summed E-state index contributed by atoms with van der Waals surface area (Å²) >= 11 is 0. The summed E-state index contributed by atoms with van der Waals surface area (Å²) in [5.74, 6) is -0.156. The third-order valence-electron chi connectivity index (χ3n) is 4.02. The van der Waals surface area contributed by atoms with Crippen molar-refractivity contribution in [1.82, 2.24) is 0 Å². The summed E-state index contributed by atoms with van der Waals surface area (Å²) in [4.78, 5) is 0. The average molecular weight is 269 g/mol. The van der Waals surface area contributed by atoms with Crippen molar-refractivity contribution in [3.8, 4) is 0 Å². The van der Waals surface area contributed by atoms with Crippen LogP contribution in [0.4, 0.5) is 10.1 Å². The van der Waals surface area contributed by atoms with Crippen LogP contribution in [0.2, 0.25) is 0 Å². The minimum Gasteiger partial charge on any atom is -0.375 e. The molecule has 1 nitrogen and oxygen atoms in total. The Hall–Kier alpha value is -1.83. The second kappa shape index (κ2) is 4.62. The van der Waals surface area contributed by atoms with Gasteiger partial charge in [-0.2, -0.15) is 0 Å². The van der Waals surface area contributed by atoms with Crippen LogP contribution in [0.25, 0.3) is 0 Å². The predicted molar refractivity (Wildman–Crippen MR) is 81.6 cm³/mol. The number of hydrogen-bond acceptors (Lipinski definition) is 1. The zero-order chi connectivity index (χ0) is 14.3. The molecule has 2 aromatic carbocycles. The van der Waals surface area contributed by atoms with Gasteiger partial charge in [-0.3, -0.25) is 0 Å². The van der Waals surface area contributed by atoms with E-state index in [0.29, 0.717) is 5.69 Å². The molecule has 0 amide bonds. The summed E-state index contributed by atoms with van der Waals surface area (Å²) in [5.41, 5.74) is 4.43. The Bertz CT molecular complexity index is 623. The van der Waals surface area contributed by atoms with Crippen LogP contribution in [0.5, 0.6) is 0 Å². The van der Waals surface area contributed by atoms with E-state index in [-0.39, 0.29) is 17.3 Å². The zero-order valence-corrected chi connectivity index (χ0v) is 12.2. The van der Waals surface area contributed by atoms with E-state index in [0.717, 1.165) is 12.0 Å². The molecule has 1 aliphatic rings. The standard InChI is InChI=1S/C18H20FN/c1-18(2,3)14-9-7-12(8-10-14)16-11-13-5-4-6-15(19)17(13)20-16/h4-10,16,20H,11H2,1-3H3. The van der Waals surface area contributed by atoms with Crippen molar-refractivity contribution in [2.24, 2.45) is 0 Å². The van der Waals surface area contributed by atoms with Crippen LogP contribution in [0.1, 0.15) is 43.5 Å². The van der Waals surface area contributed by atoms with E-state index in [9.17, 15) is 4.39 Å². The van der Waals surface area contributed by atoms with Crippen molar-refractivity contribution in [2.75, 3.05) is 5.32 Å². The molecular weight excluding hydrogens is 249 g/mol. The fraction of sp³-hybridized carbons (Fsp3) is 0.333. The molecule has 0 fully saturated rings. The molecule has 0 radical (unpaired) electrons. The Kier molecular flexibility index (Phi) is 3.04. The molecule has 1 N–H and O–H groups in total. The number of anilines is 1. The number of hydrogen-bond donors (Lipinski definition) is 1. The maximum atomic E-state index is 13.7. The van der Waals surface area contributed by atoms with Gasteiger partial charge in [0.05, 0.1) is 11.7 Å². The van der Waals surface area contributed by atoms with Crippen molar-refractivity contribution >= 4 is 5.69 Å². The first-order valence-corrected chi connectivity index (χ1v) is 7.09. The smallest absolute Gasteiger partial charge is 0.146 e. The number of fused-ring (bicyclic) bond motifs is 1. The van der Waals surface area contributed by atoms with Crippen LogP contribution in [0.15, 0.2) is 42.5 Å². The van der Waals surface area contributed by atoms with E-state index in [1.165, 1.54) is 17.2 Å². The minimum atomic E-state index is -0.156. The van der Waals surface area contributed by atoms with Crippen LogP contribution in [0.3, 0.4) is 0 Å². The molecule has 1 aliphatic heterocycles. The van der Waals surface area contributed by atoms with Crippen LogP contribution in [0, 0.1) is 5.82 Å².